The fraction of sp³-hybridized carbons (Fsp3) is 0.368. The first-order valence-corrected chi connectivity index (χ1v) is 10.8. The molecule has 8 nitrogen and oxygen atoms in total. The van der Waals surface area contributed by atoms with Gasteiger partial charge in [0.05, 0.1) is 12.0 Å². The second kappa shape index (κ2) is 9.08. The minimum Gasteiger partial charge on any atom is -0.459 e. The number of benzene rings is 1. The molecule has 0 radical (unpaired) electrons. The number of carbonyl (C=O) groups is 1. The molecule has 0 saturated carbocycles. The molecule has 1 fully saturated rings. The number of furan rings is 1. The van der Waals surface area contributed by atoms with Crippen LogP contribution in [0.5, 0.6) is 0 Å². The number of piperazine rings is 1. The lowest BCUT2D eigenvalue weighted by atomic mass is 10.3. The minimum absolute atomic E-state index is 0.0921. The molecule has 1 saturated heterocycles. The number of aliphatic imine (C=N–C) groups is 1. The van der Waals surface area contributed by atoms with E-state index >= 15 is 0 Å². The zero-order valence-corrected chi connectivity index (χ0v) is 16.9. The van der Waals surface area contributed by atoms with Gasteiger partial charge in [0, 0.05) is 39.8 Å². The van der Waals surface area contributed by atoms with Crippen LogP contribution in [0.2, 0.25) is 0 Å². The maximum atomic E-state index is 13.8. The molecule has 0 atom stereocenters. The molecule has 1 amide bonds. The van der Waals surface area contributed by atoms with Gasteiger partial charge < -0.3 is 19.5 Å². The molecule has 29 heavy (non-hydrogen) atoms. The van der Waals surface area contributed by atoms with Gasteiger partial charge in [-0.1, -0.05) is 12.1 Å². The van der Waals surface area contributed by atoms with E-state index in [0.717, 1.165) is 6.07 Å². The van der Waals surface area contributed by atoms with Gasteiger partial charge in [0.2, 0.25) is 0 Å². The molecule has 1 N–H and O–H groups in total. The summed E-state index contributed by atoms with van der Waals surface area (Å²) in [7, 11) is -2.14. The number of nitrogens with one attached hydrogen (secondary N) is 1. The third-order valence-electron chi connectivity index (χ3n) is 4.64. The second-order valence-corrected chi connectivity index (χ2v) is 8.56. The number of nitrogens with zero attached hydrogens (tertiary/aromatic N) is 3. The highest BCUT2D eigenvalue weighted by Gasteiger charge is 2.25. The average molecular weight is 422 g/mol. The summed E-state index contributed by atoms with van der Waals surface area (Å²) in [6, 6.07) is 8.63. The topological polar surface area (TPSA) is 95.2 Å². The molecular formula is C19H23FN4O4S. The predicted molar refractivity (Wildman–Crippen MR) is 106 cm³/mol. The monoisotopic (exact) mass is 422 g/mol. The van der Waals surface area contributed by atoms with Crippen LogP contribution in [0, 0.1) is 5.82 Å². The van der Waals surface area contributed by atoms with Crippen molar-refractivity contribution in [1.82, 2.24) is 15.1 Å². The molecule has 0 aliphatic carbocycles. The SMILES string of the molecule is CN=C(NCCS(=O)(=O)c1ccccc1F)N1CCN(C(=O)c2ccco2)CC1. The van der Waals surface area contributed by atoms with Crippen molar-refractivity contribution in [3.63, 3.8) is 0 Å². The molecule has 0 bridgehead atoms. The van der Waals surface area contributed by atoms with Crippen LogP contribution in [0.25, 0.3) is 0 Å². The van der Waals surface area contributed by atoms with E-state index in [1.54, 1.807) is 24.1 Å². The molecule has 1 aromatic carbocycles. The maximum absolute atomic E-state index is 13.8. The van der Waals surface area contributed by atoms with Crippen molar-refractivity contribution >= 4 is 21.7 Å². The maximum Gasteiger partial charge on any atom is 0.289 e. The first-order chi connectivity index (χ1) is 13.9. The fourth-order valence-electron chi connectivity index (χ4n) is 3.11. The van der Waals surface area contributed by atoms with Gasteiger partial charge in [-0.15, -0.1) is 0 Å². The highest BCUT2D eigenvalue weighted by Crippen LogP contribution is 2.15. The normalized spacial score (nSPS) is 15.4. The Bertz CT molecular complexity index is 968. The summed E-state index contributed by atoms with van der Waals surface area (Å²) in [6.45, 7) is 2.18. The van der Waals surface area contributed by atoms with Gasteiger partial charge in [-0.2, -0.15) is 0 Å². The number of guanidine groups is 1. The summed E-state index contributed by atoms with van der Waals surface area (Å²) in [6.07, 6.45) is 1.46. The molecule has 10 heteroatoms. The standard InChI is InChI=1S/C19H23FN4O4S/c1-21-19(22-8-14-29(26,27)17-7-3-2-5-15(17)20)24-11-9-23(10-12-24)18(25)16-6-4-13-28-16/h2-7,13H,8-12,14H2,1H3,(H,21,22). The zero-order chi connectivity index (χ0) is 20.9. The van der Waals surface area contributed by atoms with Gasteiger partial charge in [-0.25, -0.2) is 12.8 Å². The zero-order valence-electron chi connectivity index (χ0n) is 16.0. The number of halogens is 1. The van der Waals surface area contributed by atoms with Gasteiger partial charge in [-0.3, -0.25) is 9.79 Å². The highest BCUT2D eigenvalue weighted by molar-refractivity contribution is 7.91. The number of hydrogen-bond donors (Lipinski definition) is 1. The van der Waals surface area contributed by atoms with E-state index in [9.17, 15) is 17.6 Å². The van der Waals surface area contributed by atoms with E-state index in [2.05, 4.69) is 10.3 Å². The lowest BCUT2D eigenvalue weighted by Crippen LogP contribution is -2.54. The van der Waals surface area contributed by atoms with E-state index in [1.807, 2.05) is 4.90 Å². The molecule has 3 rings (SSSR count). The van der Waals surface area contributed by atoms with Gasteiger partial charge >= 0.3 is 0 Å². The van der Waals surface area contributed by atoms with Crippen LogP contribution in [-0.4, -0.2) is 75.6 Å². The molecule has 2 aromatic rings. The quantitative estimate of drug-likeness (QED) is 0.575. The Morgan fingerprint density at radius 1 is 1.14 bits per heavy atom. The second-order valence-electron chi connectivity index (χ2n) is 6.48. The minimum atomic E-state index is -3.75. The van der Waals surface area contributed by atoms with Crippen LogP contribution in [0.15, 0.2) is 57.0 Å². The first-order valence-electron chi connectivity index (χ1n) is 9.18. The van der Waals surface area contributed by atoms with E-state index in [4.69, 9.17) is 4.42 Å². The Hall–Kier alpha value is -2.88. The first kappa shape index (κ1) is 20.8. The molecule has 1 aliphatic rings. The molecule has 0 unspecified atom stereocenters. The Morgan fingerprint density at radius 3 is 2.45 bits per heavy atom. The molecule has 2 heterocycles. The lowest BCUT2D eigenvalue weighted by molar-refractivity contribution is 0.0658. The van der Waals surface area contributed by atoms with Crippen LogP contribution in [0.3, 0.4) is 0 Å². The Kier molecular flexibility index (Phi) is 6.53. The van der Waals surface area contributed by atoms with Crippen LogP contribution in [0.1, 0.15) is 10.6 Å². The van der Waals surface area contributed by atoms with Gasteiger partial charge in [0.25, 0.3) is 5.91 Å². The fourth-order valence-corrected chi connectivity index (χ4v) is 4.36. The van der Waals surface area contributed by atoms with Crippen molar-refractivity contribution in [2.45, 2.75) is 4.90 Å². The number of rotatable bonds is 5. The summed E-state index contributed by atoms with van der Waals surface area (Å²) < 4.78 is 43.6. The van der Waals surface area contributed by atoms with E-state index < -0.39 is 15.7 Å². The summed E-state index contributed by atoms with van der Waals surface area (Å²) in [5.74, 6) is -0.329. The summed E-state index contributed by atoms with van der Waals surface area (Å²) >= 11 is 0. The molecule has 1 aliphatic heterocycles. The predicted octanol–water partition coefficient (Wildman–Crippen LogP) is 1.23. The summed E-state index contributed by atoms with van der Waals surface area (Å²) in [5.41, 5.74) is 0. The van der Waals surface area contributed by atoms with Gasteiger partial charge in [-0.05, 0) is 24.3 Å². The van der Waals surface area contributed by atoms with Crippen molar-refractivity contribution in [2.24, 2.45) is 4.99 Å². The third kappa shape index (κ3) is 4.94. The van der Waals surface area contributed by atoms with Crippen molar-refractivity contribution in [1.29, 1.82) is 0 Å². The van der Waals surface area contributed by atoms with E-state index in [0.29, 0.717) is 37.9 Å². The largest absolute Gasteiger partial charge is 0.459 e. The van der Waals surface area contributed by atoms with Crippen LogP contribution >= 0.6 is 0 Å². The van der Waals surface area contributed by atoms with E-state index in [1.165, 1.54) is 24.5 Å². The number of hydrogen-bond acceptors (Lipinski definition) is 5. The summed E-state index contributed by atoms with van der Waals surface area (Å²) in [5, 5.41) is 3.01. The van der Waals surface area contributed by atoms with Crippen molar-refractivity contribution < 1.29 is 22.0 Å². The number of carbonyl (C=O) groups excluding carboxylic acids is 1. The van der Waals surface area contributed by atoms with Crippen LogP contribution < -0.4 is 5.32 Å². The molecule has 0 spiro atoms. The van der Waals surface area contributed by atoms with Crippen molar-refractivity contribution in [3.05, 3.63) is 54.2 Å². The Balaban J connectivity index is 1.51. The molecule has 1 aromatic heterocycles. The Morgan fingerprint density at radius 2 is 1.83 bits per heavy atom. The smallest absolute Gasteiger partial charge is 0.289 e. The van der Waals surface area contributed by atoms with Gasteiger partial charge in [0.1, 0.15) is 10.7 Å². The summed E-state index contributed by atoms with van der Waals surface area (Å²) in [4.78, 5) is 19.8. The molecular weight excluding hydrogens is 399 g/mol. The number of amides is 1. The number of sulfone groups is 1. The molecule has 156 valence electrons. The lowest BCUT2D eigenvalue weighted by Gasteiger charge is -2.36. The average Bonchev–Trinajstić information content (AvgIpc) is 3.26. The van der Waals surface area contributed by atoms with Crippen LogP contribution in [0.4, 0.5) is 4.39 Å². The van der Waals surface area contributed by atoms with Crippen LogP contribution in [-0.2, 0) is 9.84 Å². The third-order valence-corrected chi connectivity index (χ3v) is 6.38. The van der Waals surface area contributed by atoms with Gasteiger partial charge in [0.15, 0.2) is 21.6 Å². The van der Waals surface area contributed by atoms with Crippen molar-refractivity contribution in [3.8, 4) is 0 Å². The van der Waals surface area contributed by atoms with E-state index in [-0.39, 0.29) is 23.1 Å². The Labute approximate surface area is 168 Å². The highest BCUT2D eigenvalue weighted by atomic mass is 32.2. The van der Waals surface area contributed by atoms with Crippen molar-refractivity contribution in [2.75, 3.05) is 45.5 Å².